The molecule has 1 aliphatic rings. The third-order valence-electron chi connectivity index (χ3n) is 3.90. The molecule has 7 heteroatoms. The van der Waals surface area contributed by atoms with Gasteiger partial charge in [-0.25, -0.2) is 0 Å². The SMILES string of the molecule is C=CCN1C(=O)/C(=C\c2ccc(-c3cccc(C(=O)[O-])c3C)o2)SC1=S. The lowest BCUT2D eigenvalue weighted by Crippen LogP contribution is -2.27. The predicted molar refractivity (Wildman–Crippen MR) is 103 cm³/mol. The minimum absolute atomic E-state index is 0.116. The summed E-state index contributed by atoms with van der Waals surface area (Å²) < 4.78 is 6.27. The van der Waals surface area contributed by atoms with Crippen molar-refractivity contribution < 1.29 is 19.1 Å². The summed E-state index contributed by atoms with van der Waals surface area (Å²) in [6.07, 6.45) is 3.25. The van der Waals surface area contributed by atoms with Crippen LogP contribution >= 0.6 is 24.0 Å². The van der Waals surface area contributed by atoms with Gasteiger partial charge in [-0.2, -0.15) is 0 Å². The highest BCUT2D eigenvalue weighted by Gasteiger charge is 2.31. The summed E-state index contributed by atoms with van der Waals surface area (Å²) in [5.41, 5.74) is 1.34. The smallest absolute Gasteiger partial charge is 0.266 e. The molecule has 0 spiro atoms. The minimum Gasteiger partial charge on any atom is -0.545 e. The quantitative estimate of drug-likeness (QED) is 0.448. The van der Waals surface area contributed by atoms with Crippen LogP contribution < -0.4 is 5.11 Å². The van der Waals surface area contributed by atoms with Gasteiger partial charge in [-0.15, -0.1) is 6.58 Å². The van der Waals surface area contributed by atoms with Crippen molar-refractivity contribution in [3.8, 4) is 11.3 Å². The monoisotopic (exact) mass is 384 g/mol. The minimum atomic E-state index is -1.23. The fourth-order valence-electron chi connectivity index (χ4n) is 2.61. The zero-order valence-electron chi connectivity index (χ0n) is 13.9. The van der Waals surface area contributed by atoms with Crippen LogP contribution in [0.5, 0.6) is 0 Å². The summed E-state index contributed by atoms with van der Waals surface area (Å²) in [6.45, 7) is 5.68. The number of furan rings is 1. The lowest BCUT2D eigenvalue weighted by Gasteiger charge is -2.10. The number of carbonyl (C=O) groups excluding carboxylic acids is 2. The van der Waals surface area contributed by atoms with E-state index in [-0.39, 0.29) is 11.5 Å². The summed E-state index contributed by atoms with van der Waals surface area (Å²) in [4.78, 5) is 25.5. The van der Waals surface area contributed by atoms with Crippen LogP contribution in [0, 0.1) is 6.92 Å². The first-order valence-corrected chi connectivity index (χ1v) is 8.92. The Bertz CT molecular complexity index is 958. The van der Waals surface area contributed by atoms with Gasteiger partial charge in [0, 0.05) is 23.7 Å². The Labute approximate surface area is 160 Å². The molecule has 2 aromatic rings. The van der Waals surface area contributed by atoms with Gasteiger partial charge in [-0.3, -0.25) is 9.69 Å². The number of carboxylic acids is 1. The van der Waals surface area contributed by atoms with Crippen LogP contribution in [-0.4, -0.2) is 27.6 Å². The van der Waals surface area contributed by atoms with Gasteiger partial charge in [0.1, 0.15) is 15.8 Å². The molecule has 0 N–H and O–H groups in total. The molecule has 1 aromatic heterocycles. The maximum absolute atomic E-state index is 12.3. The van der Waals surface area contributed by atoms with Gasteiger partial charge in [-0.1, -0.05) is 48.3 Å². The highest BCUT2D eigenvalue weighted by Crippen LogP contribution is 2.34. The van der Waals surface area contributed by atoms with Crippen LogP contribution in [0.1, 0.15) is 21.7 Å². The topological polar surface area (TPSA) is 73.6 Å². The Kier molecular flexibility index (Phi) is 5.11. The largest absolute Gasteiger partial charge is 0.545 e. The second-order valence-corrected chi connectivity index (χ2v) is 7.22. The fourth-order valence-corrected chi connectivity index (χ4v) is 3.87. The molecular formula is C19H14NO4S2-. The molecule has 5 nitrogen and oxygen atoms in total. The summed E-state index contributed by atoms with van der Waals surface area (Å²) in [6, 6.07) is 8.35. The number of carboxylic acid groups (broad SMARTS) is 1. The number of hydrogen-bond acceptors (Lipinski definition) is 6. The molecule has 0 atom stereocenters. The number of carbonyl (C=O) groups is 2. The highest BCUT2D eigenvalue weighted by molar-refractivity contribution is 8.26. The first kappa shape index (κ1) is 18.2. The van der Waals surface area contributed by atoms with Crippen LogP contribution in [-0.2, 0) is 4.79 Å². The Balaban J connectivity index is 1.91. The second-order valence-electron chi connectivity index (χ2n) is 5.55. The van der Waals surface area contributed by atoms with Crippen molar-refractivity contribution >= 4 is 46.3 Å². The van der Waals surface area contributed by atoms with Crippen LogP contribution in [0.3, 0.4) is 0 Å². The zero-order chi connectivity index (χ0) is 18.8. The van der Waals surface area contributed by atoms with Crippen LogP contribution in [0.4, 0.5) is 0 Å². The lowest BCUT2D eigenvalue weighted by atomic mass is 10.0. The Hall–Kier alpha value is -2.64. The first-order valence-electron chi connectivity index (χ1n) is 7.69. The van der Waals surface area contributed by atoms with Gasteiger partial charge in [0.25, 0.3) is 5.91 Å². The molecule has 3 rings (SSSR count). The third kappa shape index (κ3) is 3.36. The summed E-state index contributed by atoms with van der Waals surface area (Å²) >= 11 is 6.41. The van der Waals surface area contributed by atoms with Gasteiger partial charge < -0.3 is 14.3 Å². The van der Waals surface area contributed by atoms with E-state index in [1.807, 2.05) is 0 Å². The maximum atomic E-state index is 12.3. The average Bonchev–Trinajstić information content (AvgIpc) is 3.15. The van der Waals surface area contributed by atoms with Crippen LogP contribution in [0.25, 0.3) is 17.4 Å². The molecular weight excluding hydrogens is 370 g/mol. The number of hydrogen-bond donors (Lipinski definition) is 0. The average molecular weight is 384 g/mol. The Morgan fingerprint density at radius 3 is 2.85 bits per heavy atom. The maximum Gasteiger partial charge on any atom is 0.266 e. The van der Waals surface area contributed by atoms with Crippen LogP contribution in [0.2, 0.25) is 0 Å². The Morgan fingerprint density at radius 2 is 2.15 bits per heavy atom. The molecule has 0 unspecified atom stereocenters. The van der Waals surface area contributed by atoms with Crippen molar-refractivity contribution in [1.29, 1.82) is 0 Å². The molecule has 1 amide bonds. The number of thioether (sulfide) groups is 1. The summed E-state index contributed by atoms with van der Waals surface area (Å²) in [7, 11) is 0. The van der Waals surface area contributed by atoms with E-state index in [1.165, 1.54) is 22.7 Å². The van der Waals surface area contributed by atoms with Crippen molar-refractivity contribution in [2.45, 2.75) is 6.92 Å². The summed E-state index contributed by atoms with van der Waals surface area (Å²) in [5.74, 6) is -0.425. The molecule has 0 bridgehead atoms. The second kappa shape index (κ2) is 7.31. The van der Waals surface area contributed by atoms with E-state index in [0.29, 0.717) is 38.4 Å². The molecule has 1 saturated heterocycles. The van der Waals surface area contributed by atoms with Gasteiger partial charge in [0.2, 0.25) is 0 Å². The van der Waals surface area contributed by atoms with E-state index in [0.717, 1.165) is 0 Å². The number of nitrogens with zero attached hydrogens (tertiary/aromatic N) is 1. The fraction of sp³-hybridized carbons (Fsp3) is 0.105. The molecule has 2 heterocycles. The summed E-state index contributed by atoms with van der Waals surface area (Å²) in [5, 5.41) is 11.2. The molecule has 0 saturated carbocycles. The molecule has 1 fully saturated rings. The number of thiocarbonyl (C=S) groups is 1. The van der Waals surface area contributed by atoms with E-state index in [2.05, 4.69) is 6.58 Å². The lowest BCUT2D eigenvalue weighted by molar-refractivity contribution is -0.255. The van der Waals surface area contributed by atoms with E-state index in [4.69, 9.17) is 16.6 Å². The van der Waals surface area contributed by atoms with Gasteiger partial charge >= 0.3 is 0 Å². The van der Waals surface area contributed by atoms with Gasteiger partial charge in [-0.05, 0) is 24.6 Å². The number of benzene rings is 1. The molecule has 0 radical (unpaired) electrons. The van der Waals surface area contributed by atoms with Crippen molar-refractivity contribution in [1.82, 2.24) is 4.90 Å². The zero-order valence-corrected chi connectivity index (χ0v) is 15.5. The highest BCUT2D eigenvalue weighted by atomic mass is 32.2. The van der Waals surface area contributed by atoms with Crippen molar-refractivity contribution in [2.24, 2.45) is 0 Å². The molecule has 26 heavy (non-hydrogen) atoms. The predicted octanol–water partition coefficient (Wildman–Crippen LogP) is 3.01. The third-order valence-corrected chi connectivity index (χ3v) is 5.28. The normalized spacial score (nSPS) is 15.7. The number of amides is 1. The van der Waals surface area contributed by atoms with E-state index < -0.39 is 5.97 Å². The van der Waals surface area contributed by atoms with Crippen LogP contribution in [0.15, 0.2) is 52.3 Å². The molecule has 1 aliphatic heterocycles. The standard InChI is InChI=1S/C19H15NO4S2/c1-3-9-20-17(21)16(26-19(20)25)10-12-7-8-15(24-12)13-5-4-6-14(11(13)2)18(22)23/h3-8,10H,1,9H2,2H3,(H,22,23)/p-1/b16-10+. The molecule has 0 aliphatic carbocycles. The van der Waals surface area contributed by atoms with E-state index in [9.17, 15) is 14.7 Å². The van der Waals surface area contributed by atoms with Crippen molar-refractivity contribution in [3.63, 3.8) is 0 Å². The number of rotatable bonds is 5. The van der Waals surface area contributed by atoms with E-state index in [1.54, 1.807) is 43.3 Å². The molecule has 1 aromatic carbocycles. The van der Waals surface area contributed by atoms with Crippen molar-refractivity contribution in [3.05, 3.63) is 64.8 Å². The molecule has 132 valence electrons. The van der Waals surface area contributed by atoms with Crippen molar-refractivity contribution in [2.75, 3.05) is 6.54 Å². The number of aromatic carboxylic acids is 1. The Morgan fingerprint density at radius 1 is 1.38 bits per heavy atom. The van der Waals surface area contributed by atoms with Gasteiger partial charge in [0.15, 0.2) is 0 Å². The first-order chi connectivity index (χ1) is 12.4. The van der Waals surface area contributed by atoms with Gasteiger partial charge in [0.05, 0.1) is 10.9 Å². The van der Waals surface area contributed by atoms with E-state index >= 15 is 0 Å².